The first-order chi connectivity index (χ1) is 13.0. The minimum Gasteiger partial charge on any atom is -0.481 e. The molecule has 0 saturated heterocycles. The van der Waals surface area contributed by atoms with E-state index in [1.54, 1.807) is 6.92 Å². The summed E-state index contributed by atoms with van der Waals surface area (Å²) in [4.78, 5) is 28.3. The molecule has 0 spiro atoms. The molecule has 0 aliphatic rings. The smallest absolute Gasteiger partial charge is 0.305 e. The monoisotopic (exact) mass is 364 g/mol. The predicted octanol–water partition coefficient (Wildman–Crippen LogP) is 3.90. The van der Waals surface area contributed by atoms with Gasteiger partial charge in [-0.05, 0) is 37.1 Å². The Hall–Kier alpha value is -3.41. The van der Waals surface area contributed by atoms with Crippen molar-refractivity contribution in [2.24, 2.45) is 0 Å². The molecule has 0 aliphatic heterocycles. The number of carbonyl (C=O) groups is 2. The van der Waals surface area contributed by atoms with Gasteiger partial charge in [-0.25, -0.2) is 4.98 Å². The number of carbonyl (C=O) groups excluding carboxylic acids is 1. The molecule has 1 unspecified atom stereocenters. The van der Waals surface area contributed by atoms with Crippen LogP contribution in [0.4, 0.5) is 0 Å². The van der Waals surface area contributed by atoms with E-state index in [0.717, 1.165) is 16.7 Å². The third kappa shape index (κ3) is 4.23. The fourth-order valence-corrected chi connectivity index (χ4v) is 2.93. The number of aliphatic carboxylic acids is 1. The van der Waals surface area contributed by atoms with E-state index in [-0.39, 0.29) is 12.1 Å². The fourth-order valence-electron chi connectivity index (χ4n) is 2.93. The lowest BCUT2D eigenvalue weighted by Crippen LogP contribution is -2.31. The summed E-state index contributed by atoms with van der Waals surface area (Å²) in [5.41, 5.74) is 2.59. The number of carboxylic acid groups (broad SMARTS) is 1. The maximum absolute atomic E-state index is 12.8. The minimum atomic E-state index is -0.995. The number of aromatic nitrogens is 1. The molecule has 1 atom stereocenters. The Morgan fingerprint density at radius 1 is 1.07 bits per heavy atom. The van der Waals surface area contributed by atoms with Crippen molar-refractivity contribution >= 4 is 11.9 Å². The molecule has 1 amide bonds. The third-order valence-electron chi connectivity index (χ3n) is 4.28. The summed E-state index contributed by atoms with van der Waals surface area (Å²) in [6.07, 6.45) is -0.223. The molecule has 27 heavy (non-hydrogen) atoms. The summed E-state index contributed by atoms with van der Waals surface area (Å²) in [6.45, 7) is 3.54. The van der Waals surface area contributed by atoms with Gasteiger partial charge in [0, 0.05) is 5.56 Å². The highest BCUT2D eigenvalue weighted by atomic mass is 16.4. The number of nitrogens with one attached hydrogen (secondary N) is 1. The molecular weight excluding hydrogens is 344 g/mol. The molecule has 0 bridgehead atoms. The highest BCUT2D eigenvalue weighted by Crippen LogP contribution is 2.24. The second-order valence-electron chi connectivity index (χ2n) is 6.27. The average Bonchev–Trinajstić information content (AvgIpc) is 3.04. The van der Waals surface area contributed by atoms with Crippen LogP contribution >= 0.6 is 0 Å². The Bertz CT molecular complexity index is 963. The molecule has 0 radical (unpaired) electrons. The summed E-state index contributed by atoms with van der Waals surface area (Å²) in [7, 11) is 0. The number of carboxylic acids is 1. The Morgan fingerprint density at radius 2 is 1.74 bits per heavy atom. The van der Waals surface area contributed by atoms with Crippen molar-refractivity contribution in [2.75, 3.05) is 0 Å². The molecule has 0 aliphatic carbocycles. The lowest BCUT2D eigenvalue weighted by atomic mass is 9.98. The first-order valence-corrected chi connectivity index (χ1v) is 8.56. The van der Waals surface area contributed by atoms with Crippen molar-refractivity contribution in [1.82, 2.24) is 10.3 Å². The van der Waals surface area contributed by atoms with Crippen molar-refractivity contribution < 1.29 is 19.1 Å². The van der Waals surface area contributed by atoms with Crippen molar-refractivity contribution in [3.8, 4) is 11.5 Å². The van der Waals surface area contributed by atoms with Crippen molar-refractivity contribution in [3.05, 3.63) is 77.2 Å². The van der Waals surface area contributed by atoms with Crippen LogP contribution in [0.15, 0.2) is 59.0 Å². The zero-order valence-electron chi connectivity index (χ0n) is 15.1. The topological polar surface area (TPSA) is 92.4 Å². The van der Waals surface area contributed by atoms with Crippen LogP contribution in [0.5, 0.6) is 0 Å². The molecule has 0 fully saturated rings. The zero-order valence-corrected chi connectivity index (χ0v) is 15.1. The number of nitrogens with zero attached hydrogens (tertiary/aromatic N) is 1. The van der Waals surface area contributed by atoms with Gasteiger partial charge >= 0.3 is 5.97 Å². The number of aryl methyl sites for hydroxylation is 2. The van der Waals surface area contributed by atoms with Gasteiger partial charge in [-0.15, -0.1) is 0 Å². The van der Waals surface area contributed by atoms with E-state index in [4.69, 9.17) is 4.42 Å². The Morgan fingerprint density at radius 3 is 2.41 bits per heavy atom. The number of rotatable bonds is 6. The van der Waals surface area contributed by atoms with Gasteiger partial charge in [0.25, 0.3) is 5.91 Å². The number of amides is 1. The maximum atomic E-state index is 12.8. The van der Waals surface area contributed by atoms with Crippen LogP contribution in [0, 0.1) is 13.8 Å². The van der Waals surface area contributed by atoms with Crippen LogP contribution in [0.2, 0.25) is 0 Å². The molecule has 2 N–H and O–H groups in total. The number of hydrogen-bond acceptors (Lipinski definition) is 4. The quantitative estimate of drug-likeness (QED) is 0.692. The van der Waals surface area contributed by atoms with E-state index >= 15 is 0 Å². The summed E-state index contributed by atoms with van der Waals surface area (Å²) >= 11 is 0. The summed E-state index contributed by atoms with van der Waals surface area (Å²) in [5, 5.41) is 12.0. The molecule has 6 nitrogen and oxygen atoms in total. The van der Waals surface area contributed by atoms with Crippen LogP contribution in [-0.2, 0) is 4.79 Å². The summed E-state index contributed by atoms with van der Waals surface area (Å²) in [5.74, 6) is -0.729. The van der Waals surface area contributed by atoms with E-state index < -0.39 is 17.9 Å². The highest BCUT2D eigenvalue weighted by Gasteiger charge is 2.24. The second kappa shape index (κ2) is 7.86. The molecular formula is C21H20N2O4. The van der Waals surface area contributed by atoms with Crippen LogP contribution in [0.1, 0.15) is 39.8 Å². The van der Waals surface area contributed by atoms with Crippen molar-refractivity contribution in [3.63, 3.8) is 0 Å². The molecule has 6 heteroatoms. The zero-order chi connectivity index (χ0) is 19.4. The number of benzene rings is 2. The minimum absolute atomic E-state index is 0.151. The van der Waals surface area contributed by atoms with E-state index in [1.165, 1.54) is 0 Å². The molecule has 1 aromatic heterocycles. The van der Waals surface area contributed by atoms with Gasteiger partial charge in [-0.2, -0.15) is 0 Å². The Balaban J connectivity index is 1.87. The lowest BCUT2D eigenvalue weighted by Gasteiger charge is -2.19. The SMILES string of the molecule is Cc1ccccc1C(CC(=O)O)NC(=O)c1nc(-c2ccccc2)oc1C. The summed E-state index contributed by atoms with van der Waals surface area (Å²) in [6, 6.07) is 16.0. The van der Waals surface area contributed by atoms with Gasteiger partial charge in [0.15, 0.2) is 5.69 Å². The standard InChI is InChI=1S/C21H20N2O4/c1-13-8-6-7-11-16(13)17(12-18(24)25)22-20(26)19-14(2)27-21(23-19)15-9-4-3-5-10-15/h3-11,17H,12H2,1-2H3,(H,22,26)(H,24,25). The summed E-state index contributed by atoms with van der Waals surface area (Å²) < 4.78 is 5.63. The van der Waals surface area contributed by atoms with Crippen molar-refractivity contribution in [1.29, 1.82) is 0 Å². The van der Waals surface area contributed by atoms with Gasteiger partial charge in [-0.1, -0.05) is 42.5 Å². The first-order valence-electron chi connectivity index (χ1n) is 8.56. The van der Waals surface area contributed by atoms with E-state index in [0.29, 0.717) is 11.7 Å². The highest BCUT2D eigenvalue weighted by molar-refractivity contribution is 5.94. The van der Waals surface area contributed by atoms with Crippen LogP contribution in [0.25, 0.3) is 11.5 Å². The third-order valence-corrected chi connectivity index (χ3v) is 4.28. The molecule has 3 rings (SSSR count). The molecule has 138 valence electrons. The van der Waals surface area contributed by atoms with Crippen LogP contribution < -0.4 is 5.32 Å². The molecule has 0 saturated carbocycles. The lowest BCUT2D eigenvalue weighted by molar-refractivity contribution is -0.137. The number of hydrogen-bond donors (Lipinski definition) is 2. The molecule has 3 aromatic rings. The van der Waals surface area contributed by atoms with E-state index in [9.17, 15) is 14.7 Å². The Labute approximate surface area is 156 Å². The van der Waals surface area contributed by atoms with Gasteiger partial charge in [-0.3, -0.25) is 9.59 Å². The molecule has 1 heterocycles. The maximum Gasteiger partial charge on any atom is 0.305 e. The van der Waals surface area contributed by atoms with E-state index in [2.05, 4.69) is 10.3 Å². The van der Waals surface area contributed by atoms with E-state index in [1.807, 2.05) is 61.5 Å². The van der Waals surface area contributed by atoms with Gasteiger partial charge < -0.3 is 14.8 Å². The van der Waals surface area contributed by atoms with Gasteiger partial charge in [0.05, 0.1) is 12.5 Å². The van der Waals surface area contributed by atoms with Crippen LogP contribution in [-0.4, -0.2) is 22.0 Å². The first kappa shape index (κ1) is 18.4. The predicted molar refractivity (Wildman–Crippen MR) is 100 cm³/mol. The largest absolute Gasteiger partial charge is 0.481 e. The van der Waals surface area contributed by atoms with Crippen molar-refractivity contribution in [2.45, 2.75) is 26.3 Å². The molecule has 2 aromatic carbocycles. The normalized spacial score (nSPS) is 11.8. The number of oxazole rings is 1. The second-order valence-corrected chi connectivity index (χ2v) is 6.27. The fraction of sp³-hybridized carbons (Fsp3) is 0.190. The average molecular weight is 364 g/mol. The van der Waals surface area contributed by atoms with Gasteiger partial charge in [0.2, 0.25) is 5.89 Å². The van der Waals surface area contributed by atoms with Gasteiger partial charge in [0.1, 0.15) is 5.76 Å². The Kier molecular flexibility index (Phi) is 5.35. The van der Waals surface area contributed by atoms with Crippen LogP contribution in [0.3, 0.4) is 0 Å².